The molecular weight excluding hydrogens is 853 g/mol. The first-order valence-corrected chi connectivity index (χ1v) is 23.3. The van der Waals surface area contributed by atoms with Crippen molar-refractivity contribution in [3.63, 3.8) is 0 Å². The summed E-state index contributed by atoms with van der Waals surface area (Å²) in [6.07, 6.45) is 8.82. The van der Waals surface area contributed by atoms with Crippen molar-refractivity contribution in [1.82, 2.24) is 30.1 Å². The van der Waals surface area contributed by atoms with Gasteiger partial charge >= 0.3 is 6.03 Å². The number of anilines is 2. The van der Waals surface area contributed by atoms with E-state index in [1.54, 1.807) is 25.2 Å². The summed E-state index contributed by atoms with van der Waals surface area (Å²) in [5.74, 6) is 0.959. The number of amides is 4. The average Bonchev–Trinajstić information content (AvgIpc) is 4.03. The molecule has 6 aromatic rings. The molecule has 0 spiro atoms. The van der Waals surface area contributed by atoms with Gasteiger partial charge in [-0.2, -0.15) is 0 Å². The van der Waals surface area contributed by atoms with E-state index in [-0.39, 0.29) is 48.6 Å². The van der Waals surface area contributed by atoms with Crippen LogP contribution in [0.2, 0.25) is 0 Å². The SMILES string of the molecule is COc1ccc(C(=O)NC2(C)CCN(CC3CCN(c4nc(C(CO)(OC5CC5)c5ccccc5)c5cc(-c6cn(C)c(=O)c7occc67)ccc5n4)CC3)CC2)cc1N1CCC(=O)NC1=O. The molecule has 1 saturated carbocycles. The van der Waals surface area contributed by atoms with Crippen LogP contribution in [0.15, 0.2) is 94.5 Å². The first-order valence-electron chi connectivity index (χ1n) is 23.3. The van der Waals surface area contributed by atoms with Crippen LogP contribution in [0.3, 0.4) is 0 Å². The number of carbonyl (C=O) groups is 3. The molecule has 0 bridgehead atoms. The molecule has 1 atom stereocenters. The smallest absolute Gasteiger partial charge is 0.328 e. The predicted molar refractivity (Wildman–Crippen MR) is 253 cm³/mol. The first-order chi connectivity index (χ1) is 32.4. The normalized spacial score (nSPS) is 19.1. The van der Waals surface area contributed by atoms with Crippen LogP contribution in [-0.2, 0) is 22.2 Å². The number of aromatic nitrogens is 3. The highest BCUT2D eigenvalue weighted by molar-refractivity contribution is 6.07. The topological polar surface area (TPSA) is 185 Å². The third kappa shape index (κ3) is 8.65. The standard InChI is InChI=1S/C51H56N8O8/c1-50(55-46(62)34-10-14-42(65-3)41(28-34)59-23-17-43(61)53-49(59)64)19-24-57(25-20-50)29-32-15-21-58(22-16-32)48-52-40-13-9-33(39-30-56(2)47(63)44-37(39)18-26-66-44)27-38(40)45(54-48)51(31-60,67-36-11-12-36)35-7-5-4-6-8-35/h4-10,13-14,18,26-28,30,32,36,60H,11-12,15-17,19-25,29,31H2,1-3H3,(H,55,62)(H,53,61,64). The fourth-order valence-corrected chi connectivity index (χ4v) is 9.99. The lowest BCUT2D eigenvalue weighted by atomic mass is 9.87. The molecule has 3 saturated heterocycles. The number of fused-ring (bicyclic) bond motifs is 2. The number of methoxy groups -OCH3 is 1. The molecule has 3 aliphatic heterocycles. The van der Waals surface area contributed by atoms with E-state index in [0.717, 1.165) is 98.8 Å². The fourth-order valence-electron chi connectivity index (χ4n) is 9.99. The number of aliphatic hydroxyl groups is 1. The minimum atomic E-state index is -1.25. The third-order valence-electron chi connectivity index (χ3n) is 14.1. The number of hydrogen-bond acceptors (Lipinski definition) is 12. The Morgan fingerprint density at radius 1 is 0.940 bits per heavy atom. The van der Waals surface area contributed by atoms with Gasteiger partial charge in [0.25, 0.3) is 11.5 Å². The van der Waals surface area contributed by atoms with Crippen molar-refractivity contribution >= 4 is 51.4 Å². The zero-order valence-electron chi connectivity index (χ0n) is 38.1. The van der Waals surface area contributed by atoms with Gasteiger partial charge in [-0.05, 0) is 98.9 Å². The molecular formula is C51H56N8O8. The second-order valence-corrected chi connectivity index (χ2v) is 18.8. The van der Waals surface area contributed by atoms with Gasteiger partial charge in [0.15, 0.2) is 11.2 Å². The number of nitrogens with zero attached hydrogens (tertiary/aromatic N) is 6. The molecule has 0 radical (unpaired) electrons. The van der Waals surface area contributed by atoms with Gasteiger partial charge in [-0.15, -0.1) is 0 Å². The van der Waals surface area contributed by atoms with Crippen LogP contribution in [0.1, 0.15) is 73.5 Å². The summed E-state index contributed by atoms with van der Waals surface area (Å²) in [6, 6.07) is 22.2. The van der Waals surface area contributed by atoms with Gasteiger partial charge in [0.1, 0.15) is 5.75 Å². The molecule has 10 rings (SSSR count). The van der Waals surface area contributed by atoms with Crippen molar-refractivity contribution in [1.29, 1.82) is 0 Å². The summed E-state index contributed by atoms with van der Waals surface area (Å²) in [5.41, 5.74) is 3.12. The lowest BCUT2D eigenvalue weighted by Crippen LogP contribution is -2.54. The van der Waals surface area contributed by atoms with E-state index in [9.17, 15) is 24.3 Å². The second kappa shape index (κ2) is 17.9. The van der Waals surface area contributed by atoms with E-state index in [4.69, 9.17) is 23.9 Å². The molecule has 4 fully saturated rings. The van der Waals surface area contributed by atoms with Crippen LogP contribution < -0.4 is 30.7 Å². The number of imide groups is 1. The highest BCUT2D eigenvalue weighted by Crippen LogP contribution is 2.43. The van der Waals surface area contributed by atoms with Crippen LogP contribution in [0.25, 0.3) is 33.0 Å². The number of ether oxygens (including phenoxy) is 2. The molecule has 3 N–H and O–H groups in total. The molecule has 16 heteroatoms. The molecule has 348 valence electrons. The number of likely N-dealkylation sites (tertiary alicyclic amines) is 1. The Hall–Kier alpha value is -6.62. The quantitative estimate of drug-likeness (QED) is 0.121. The van der Waals surface area contributed by atoms with E-state index in [0.29, 0.717) is 39.9 Å². The molecule has 3 aromatic carbocycles. The summed E-state index contributed by atoms with van der Waals surface area (Å²) in [7, 11) is 3.22. The highest BCUT2D eigenvalue weighted by atomic mass is 16.5. The molecule has 67 heavy (non-hydrogen) atoms. The molecule has 4 aliphatic rings. The Labute approximate surface area is 387 Å². The van der Waals surface area contributed by atoms with Crippen molar-refractivity contribution in [3.05, 3.63) is 112 Å². The zero-order chi connectivity index (χ0) is 46.5. The van der Waals surface area contributed by atoms with Gasteiger partial charge in [-0.25, -0.2) is 14.8 Å². The summed E-state index contributed by atoms with van der Waals surface area (Å²) in [5, 5.41) is 18.6. The van der Waals surface area contributed by atoms with Gasteiger partial charge in [-0.3, -0.25) is 24.6 Å². The van der Waals surface area contributed by atoms with E-state index in [2.05, 4.69) is 27.4 Å². The summed E-state index contributed by atoms with van der Waals surface area (Å²) < 4.78 is 19.5. The van der Waals surface area contributed by atoms with Gasteiger partial charge in [0.2, 0.25) is 11.9 Å². The number of hydrogen-bond donors (Lipinski definition) is 3. The van der Waals surface area contributed by atoms with Crippen molar-refractivity contribution < 1.29 is 33.4 Å². The molecule has 1 aliphatic carbocycles. The van der Waals surface area contributed by atoms with Gasteiger partial charge in [0, 0.05) is 86.4 Å². The number of aliphatic hydroxyl groups excluding tert-OH is 1. The maximum Gasteiger partial charge on any atom is 0.328 e. The van der Waals surface area contributed by atoms with Crippen molar-refractivity contribution in [2.45, 2.75) is 69.1 Å². The Balaban J connectivity index is 0.846. The Morgan fingerprint density at radius 2 is 1.72 bits per heavy atom. The minimum absolute atomic E-state index is 0.00944. The Morgan fingerprint density at radius 3 is 2.43 bits per heavy atom. The van der Waals surface area contributed by atoms with E-state index in [1.165, 1.54) is 22.8 Å². The third-order valence-corrected chi connectivity index (χ3v) is 14.1. The number of urea groups is 1. The van der Waals surface area contributed by atoms with Crippen LogP contribution in [0.5, 0.6) is 5.75 Å². The molecule has 1 unspecified atom stereocenters. The number of aryl methyl sites for hydroxylation is 1. The number of pyridine rings is 1. The highest BCUT2D eigenvalue weighted by Gasteiger charge is 2.44. The minimum Gasteiger partial charge on any atom is -0.495 e. The second-order valence-electron chi connectivity index (χ2n) is 18.8. The number of benzene rings is 3. The van der Waals surface area contributed by atoms with Crippen LogP contribution in [0.4, 0.5) is 16.4 Å². The van der Waals surface area contributed by atoms with Crippen LogP contribution in [-0.4, -0.2) is 107 Å². The van der Waals surface area contributed by atoms with Crippen molar-refractivity contribution in [2.24, 2.45) is 13.0 Å². The van der Waals surface area contributed by atoms with E-state index < -0.39 is 17.2 Å². The van der Waals surface area contributed by atoms with Gasteiger partial charge in [0.05, 0.1) is 43.0 Å². The first kappa shape index (κ1) is 44.2. The lowest BCUT2D eigenvalue weighted by molar-refractivity contribution is -0.120. The maximum atomic E-state index is 13.7. The molecule has 3 aromatic heterocycles. The van der Waals surface area contributed by atoms with Gasteiger partial charge < -0.3 is 38.7 Å². The molecule has 16 nitrogen and oxygen atoms in total. The Kier molecular flexibility index (Phi) is 11.8. The maximum absolute atomic E-state index is 13.7. The molecule has 4 amide bonds. The Bertz CT molecular complexity index is 2920. The monoisotopic (exact) mass is 908 g/mol. The number of nitrogens with one attached hydrogen (secondary N) is 2. The summed E-state index contributed by atoms with van der Waals surface area (Å²) in [6.45, 7) is 6.17. The fraction of sp³-hybridized carbons (Fsp3) is 0.412. The lowest BCUT2D eigenvalue weighted by Gasteiger charge is -2.42. The van der Waals surface area contributed by atoms with Crippen LogP contribution in [0, 0.1) is 5.92 Å². The zero-order valence-corrected chi connectivity index (χ0v) is 38.1. The number of piperidine rings is 2. The number of furan rings is 1. The largest absolute Gasteiger partial charge is 0.495 e. The average molecular weight is 909 g/mol. The molecule has 6 heterocycles. The van der Waals surface area contributed by atoms with Gasteiger partial charge in [-0.1, -0.05) is 36.4 Å². The summed E-state index contributed by atoms with van der Waals surface area (Å²) >= 11 is 0. The van der Waals surface area contributed by atoms with Crippen molar-refractivity contribution in [2.75, 3.05) is 62.8 Å². The summed E-state index contributed by atoms with van der Waals surface area (Å²) in [4.78, 5) is 67.7. The number of rotatable bonds is 13. The van der Waals surface area contributed by atoms with Crippen LogP contribution >= 0.6 is 0 Å². The number of carbonyl (C=O) groups excluding carboxylic acids is 3. The van der Waals surface area contributed by atoms with E-state index in [1.807, 2.05) is 60.8 Å². The van der Waals surface area contributed by atoms with Crippen molar-refractivity contribution in [3.8, 4) is 16.9 Å². The predicted octanol–water partition coefficient (Wildman–Crippen LogP) is 6.11. The van der Waals surface area contributed by atoms with E-state index >= 15 is 0 Å².